The third-order valence-corrected chi connectivity index (χ3v) is 2.61. The zero-order valence-corrected chi connectivity index (χ0v) is 11.0. The van der Waals surface area contributed by atoms with Gasteiger partial charge in [0.05, 0.1) is 0 Å². The molecule has 0 heterocycles. The van der Waals surface area contributed by atoms with Crippen molar-refractivity contribution in [2.24, 2.45) is 10.8 Å². The van der Waals surface area contributed by atoms with Gasteiger partial charge in [-0.05, 0) is 31.0 Å². The molecule has 17 heavy (non-hydrogen) atoms. The van der Waals surface area contributed by atoms with Crippen molar-refractivity contribution in [3.05, 3.63) is 28.8 Å². The number of nitrogens with two attached hydrogens (primary N) is 1. The maximum absolute atomic E-state index is 5.94. The number of rotatable bonds is 4. The van der Waals surface area contributed by atoms with Crippen LogP contribution >= 0.6 is 11.6 Å². The monoisotopic (exact) mass is 254 g/mol. The fraction of sp³-hybridized carbons (Fsp3) is 0.417. The minimum atomic E-state index is 0.559. The number of hydrazine groups is 1. The average molecular weight is 255 g/mol. The van der Waals surface area contributed by atoms with E-state index >= 15 is 0 Å². The van der Waals surface area contributed by atoms with Crippen LogP contribution in [0.2, 0.25) is 5.02 Å². The Morgan fingerprint density at radius 3 is 2.88 bits per heavy atom. The third kappa shape index (κ3) is 4.63. The van der Waals surface area contributed by atoms with Crippen LogP contribution in [0, 0.1) is 6.92 Å². The molecule has 0 aromatic heterocycles. The van der Waals surface area contributed by atoms with Gasteiger partial charge in [0.15, 0.2) is 0 Å². The van der Waals surface area contributed by atoms with E-state index in [1.54, 1.807) is 0 Å². The second kappa shape index (κ2) is 7.14. The number of unbranched alkanes of at least 4 members (excludes halogenated alkanes) is 1. The molecule has 0 amide bonds. The number of aryl methyl sites for hydroxylation is 1. The predicted octanol–water partition coefficient (Wildman–Crippen LogP) is 2.68. The highest BCUT2D eigenvalue weighted by atomic mass is 35.5. The molecule has 4 nitrogen and oxygen atoms in total. The standard InChI is InChI=1S/C12H19ClN4/c1-3-4-7-15-12(17-14)16-11-8-10(13)6-5-9(11)2/h5-6,8H,3-4,7,14H2,1-2H3,(H2,15,16,17). The van der Waals surface area contributed by atoms with Gasteiger partial charge in [0.2, 0.25) is 5.96 Å². The van der Waals surface area contributed by atoms with Gasteiger partial charge in [-0.25, -0.2) is 5.84 Å². The molecule has 0 saturated heterocycles. The van der Waals surface area contributed by atoms with Crippen LogP contribution in [0.25, 0.3) is 0 Å². The SMILES string of the molecule is CCCCN=C(NN)Nc1cc(Cl)ccc1C. The number of aliphatic imine (C=N–C) groups is 1. The lowest BCUT2D eigenvalue weighted by Gasteiger charge is -2.11. The summed E-state index contributed by atoms with van der Waals surface area (Å²) in [6, 6.07) is 5.65. The molecule has 0 fully saturated rings. The summed E-state index contributed by atoms with van der Waals surface area (Å²) in [6.45, 7) is 4.88. The third-order valence-electron chi connectivity index (χ3n) is 2.37. The largest absolute Gasteiger partial charge is 0.325 e. The first-order valence-corrected chi connectivity index (χ1v) is 6.09. The second-order valence-electron chi connectivity index (χ2n) is 3.81. The summed E-state index contributed by atoms with van der Waals surface area (Å²) in [5.41, 5.74) is 4.55. The van der Waals surface area contributed by atoms with Crippen molar-refractivity contribution in [3.8, 4) is 0 Å². The minimum Gasteiger partial charge on any atom is -0.325 e. The smallest absolute Gasteiger partial charge is 0.210 e. The molecule has 0 saturated carbocycles. The van der Waals surface area contributed by atoms with Crippen LogP contribution in [-0.2, 0) is 0 Å². The van der Waals surface area contributed by atoms with Gasteiger partial charge < -0.3 is 5.32 Å². The van der Waals surface area contributed by atoms with Gasteiger partial charge in [-0.2, -0.15) is 0 Å². The molecular formula is C12H19ClN4. The van der Waals surface area contributed by atoms with Gasteiger partial charge in [0, 0.05) is 17.3 Å². The maximum atomic E-state index is 5.94. The molecule has 0 bridgehead atoms. The van der Waals surface area contributed by atoms with Crippen molar-refractivity contribution in [3.63, 3.8) is 0 Å². The lowest BCUT2D eigenvalue weighted by molar-refractivity contribution is 0.801. The van der Waals surface area contributed by atoms with Crippen LogP contribution in [0.1, 0.15) is 25.3 Å². The Labute approximate surface area is 107 Å². The molecule has 0 radical (unpaired) electrons. The minimum absolute atomic E-state index is 0.559. The topological polar surface area (TPSA) is 62.4 Å². The van der Waals surface area contributed by atoms with E-state index in [4.69, 9.17) is 17.4 Å². The molecule has 0 spiro atoms. The molecule has 1 aromatic rings. The van der Waals surface area contributed by atoms with E-state index in [0.29, 0.717) is 11.0 Å². The van der Waals surface area contributed by atoms with Crippen molar-refractivity contribution in [2.45, 2.75) is 26.7 Å². The summed E-state index contributed by atoms with van der Waals surface area (Å²) in [6.07, 6.45) is 2.15. The molecule has 1 aromatic carbocycles. The first-order chi connectivity index (χ1) is 8.17. The lowest BCUT2D eigenvalue weighted by Crippen LogP contribution is -2.36. The van der Waals surface area contributed by atoms with Crippen LogP contribution in [0.4, 0.5) is 5.69 Å². The molecule has 0 aliphatic carbocycles. The van der Waals surface area contributed by atoms with Crippen molar-refractivity contribution in [1.82, 2.24) is 5.43 Å². The molecule has 0 aliphatic rings. The number of nitrogens with zero attached hydrogens (tertiary/aromatic N) is 1. The molecule has 4 N–H and O–H groups in total. The Morgan fingerprint density at radius 1 is 1.47 bits per heavy atom. The van der Waals surface area contributed by atoms with E-state index < -0.39 is 0 Å². The van der Waals surface area contributed by atoms with Gasteiger partial charge in [-0.15, -0.1) is 0 Å². The summed E-state index contributed by atoms with van der Waals surface area (Å²) >= 11 is 5.94. The number of hydrogen-bond acceptors (Lipinski definition) is 2. The molecule has 0 atom stereocenters. The van der Waals surface area contributed by atoms with E-state index in [9.17, 15) is 0 Å². The fourth-order valence-electron chi connectivity index (χ4n) is 1.33. The molecule has 94 valence electrons. The number of hydrogen-bond donors (Lipinski definition) is 3. The van der Waals surface area contributed by atoms with Crippen LogP contribution in [-0.4, -0.2) is 12.5 Å². The normalized spacial score (nSPS) is 11.4. The molecular weight excluding hydrogens is 236 g/mol. The second-order valence-corrected chi connectivity index (χ2v) is 4.25. The number of nitrogens with one attached hydrogen (secondary N) is 2. The van der Waals surface area contributed by atoms with Crippen LogP contribution in [0.15, 0.2) is 23.2 Å². The van der Waals surface area contributed by atoms with Crippen molar-refractivity contribution >= 4 is 23.2 Å². The van der Waals surface area contributed by atoms with E-state index in [-0.39, 0.29) is 0 Å². The first kappa shape index (κ1) is 13.8. The molecule has 0 aliphatic heterocycles. The van der Waals surface area contributed by atoms with Crippen LogP contribution < -0.4 is 16.6 Å². The number of guanidine groups is 1. The predicted molar refractivity (Wildman–Crippen MR) is 74.3 cm³/mol. The van der Waals surface area contributed by atoms with Crippen molar-refractivity contribution in [2.75, 3.05) is 11.9 Å². The van der Waals surface area contributed by atoms with Gasteiger partial charge in [-0.1, -0.05) is 31.0 Å². The lowest BCUT2D eigenvalue weighted by atomic mass is 10.2. The van der Waals surface area contributed by atoms with E-state index in [1.807, 2.05) is 25.1 Å². The summed E-state index contributed by atoms with van der Waals surface area (Å²) in [5.74, 6) is 5.97. The van der Waals surface area contributed by atoms with Crippen molar-refractivity contribution < 1.29 is 0 Å². The zero-order valence-electron chi connectivity index (χ0n) is 10.3. The maximum Gasteiger partial charge on any atom is 0.210 e. The van der Waals surface area contributed by atoms with Gasteiger partial charge >= 0.3 is 0 Å². The molecule has 1 rings (SSSR count). The van der Waals surface area contributed by atoms with Crippen molar-refractivity contribution in [1.29, 1.82) is 0 Å². The van der Waals surface area contributed by atoms with Gasteiger partial charge in [0.25, 0.3) is 0 Å². The Bertz CT molecular complexity index is 390. The number of anilines is 1. The number of benzene rings is 1. The molecule has 5 heteroatoms. The quantitative estimate of drug-likeness (QED) is 0.255. The highest BCUT2D eigenvalue weighted by Crippen LogP contribution is 2.19. The van der Waals surface area contributed by atoms with E-state index in [0.717, 1.165) is 30.6 Å². The highest BCUT2D eigenvalue weighted by Gasteiger charge is 2.02. The fourth-order valence-corrected chi connectivity index (χ4v) is 1.50. The zero-order chi connectivity index (χ0) is 12.7. The van der Waals surface area contributed by atoms with Gasteiger partial charge in [-0.3, -0.25) is 10.4 Å². The van der Waals surface area contributed by atoms with Crippen LogP contribution in [0.5, 0.6) is 0 Å². The molecule has 0 unspecified atom stereocenters. The van der Waals surface area contributed by atoms with Crippen LogP contribution in [0.3, 0.4) is 0 Å². The Morgan fingerprint density at radius 2 is 2.24 bits per heavy atom. The van der Waals surface area contributed by atoms with Gasteiger partial charge in [0.1, 0.15) is 0 Å². The number of halogens is 1. The first-order valence-electron chi connectivity index (χ1n) is 5.71. The summed E-state index contributed by atoms with van der Waals surface area (Å²) in [5, 5.41) is 3.81. The Kier molecular flexibility index (Phi) is 5.80. The average Bonchev–Trinajstić information content (AvgIpc) is 2.32. The Hall–Kier alpha value is -1.26. The summed E-state index contributed by atoms with van der Waals surface area (Å²) < 4.78 is 0. The summed E-state index contributed by atoms with van der Waals surface area (Å²) in [7, 11) is 0. The van der Waals surface area contributed by atoms with E-state index in [1.165, 1.54) is 0 Å². The van der Waals surface area contributed by atoms with E-state index in [2.05, 4.69) is 22.7 Å². The highest BCUT2D eigenvalue weighted by molar-refractivity contribution is 6.31. The Balaban J connectivity index is 2.73. The summed E-state index contributed by atoms with van der Waals surface area (Å²) in [4.78, 5) is 4.32.